The molecule has 7 nitrogen and oxygen atoms in total. The van der Waals surface area contributed by atoms with Gasteiger partial charge < -0.3 is 20.4 Å². The number of likely N-dealkylation sites (N-methyl/N-ethyl adjacent to an activating group) is 1. The minimum atomic E-state index is -0.596. The molecule has 2 heterocycles. The fraction of sp³-hybridized carbons (Fsp3) is 0.864. The van der Waals surface area contributed by atoms with Gasteiger partial charge >= 0.3 is 0 Å². The third-order valence-corrected chi connectivity index (χ3v) is 6.44. The largest absolute Gasteiger partial charge is 0.342 e. The highest BCUT2D eigenvalue weighted by Gasteiger charge is 2.42. The van der Waals surface area contributed by atoms with Gasteiger partial charge in [0, 0.05) is 31.6 Å². The summed E-state index contributed by atoms with van der Waals surface area (Å²) < 4.78 is 0. The summed E-state index contributed by atoms with van der Waals surface area (Å²) in [7, 11) is 1.73. The molecule has 7 heteroatoms. The average molecular weight is 409 g/mol. The van der Waals surface area contributed by atoms with E-state index in [1.165, 1.54) is 0 Å². The lowest BCUT2D eigenvalue weighted by Crippen LogP contribution is -2.59. The predicted octanol–water partition coefficient (Wildman–Crippen LogP) is 1.76. The molecule has 0 radical (unpaired) electrons. The molecule has 3 amide bonds. The van der Waals surface area contributed by atoms with Crippen LogP contribution in [0, 0.1) is 11.3 Å². The first kappa shape index (κ1) is 23.6. The van der Waals surface area contributed by atoms with Gasteiger partial charge in [0.25, 0.3) is 0 Å². The van der Waals surface area contributed by atoms with Crippen molar-refractivity contribution in [1.29, 1.82) is 0 Å². The van der Waals surface area contributed by atoms with Crippen molar-refractivity contribution >= 4 is 17.7 Å². The molecule has 2 rings (SSSR count). The van der Waals surface area contributed by atoms with Crippen LogP contribution in [0.3, 0.4) is 0 Å². The first-order valence-corrected chi connectivity index (χ1v) is 11.0. The summed E-state index contributed by atoms with van der Waals surface area (Å²) in [6.07, 6.45) is 3.34. The Hall–Kier alpha value is -1.63. The molecule has 166 valence electrons. The van der Waals surface area contributed by atoms with Gasteiger partial charge in [-0.2, -0.15) is 0 Å². The Morgan fingerprint density at radius 2 is 1.83 bits per heavy atom. The molecule has 2 saturated heterocycles. The smallest absolute Gasteiger partial charge is 0.246 e. The molecule has 2 N–H and O–H groups in total. The van der Waals surface area contributed by atoms with Crippen LogP contribution in [0.4, 0.5) is 0 Å². The lowest BCUT2D eigenvalue weighted by atomic mass is 9.85. The second-order valence-corrected chi connectivity index (χ2v) is 10.0. The van der Waals surface area contributed by atoms with Crippen LogP contribution < -0.4 is 10.6 Å². The van der Waals surface area contributed by atoms with Crippen LogP contribution in [-0.2, 0) is 14.4 Å². The fourth-order valence-corrected chi connectivity index (χ4v) is 4.44. The normalized spacial score (nSPS) is 24.9. The maximum atomic E-state index is 13.5. The van der Waals surface area contributed by atoms with Gasteiger partial charge in [0.05, 0.1) is 6.04 Å². The van der Waals surface area contributed by atoms with E-state index < -0.39 is 11.5 Å². The quantitative estimate of drug-likeness (QED) is 0.673. The summed E-state index contributed by atoms with van der Waals surface area (Å²) in [6, 6.07) is -0.679. The minimum absolute atomic E-state index is 0.0225. The molecular weight excluding hydrogens is 368 g/mol. The molecule has 29 heavy (non-hydrogen) atoms. The van der Waals surface area contributed by atoms with Crippen LogP contribution in [0.25, 0.3) is 0 Å². The van der Waals surface area contributed by atoms with Crippen LogP contribution in [0.2, 0.25) is 0 Å². The lowest BCUT2D eigenvalue weighted by molar-refractivity contribution is -0.142. The third kappa shape index (κ3) is 5.50. The van der Waals surface area contributed by atoms with Crippen LogP contribution in [-0.4, -0.2) is 71.8 Å². The molecule has 2 aliphatic rings. The number of likely N-dealkylation sites (tertiary alicyclic amines) is 2. The van der Waals surface area contributed by atoms with E-state index in [0.717, 1.165) is 19.3 Å². The summed E-state index contributed by atoms with van der Waals surface area (Å²) in [5, 5.41) is 5.89. The number of hydrogen-bond donors (Lipinski definition) is 2. The van der Waals surface area contributed by atoms with Crippen molar-refractivity contribution in [2.24, 2.45) is 11.3 Å². The zero-order valence-corrected chi connectivity index (χ0v) is 19.2. The van der Waals surface area contributed by atoms with Crippen LogP contribution >= 0.6 is 0 Å². The minimum Gasteiger partial charge on any atom is -0.342 e. The van der Waals surface area contributed by atoms with E-state index in [1.807, 2.05) is 30.6 Å². The highest BCUT2D eigenvalue weighted by molar-refractivity contribution is 5.90. The van der Waals surface area contributed by atoms with Gasteiger partial charge in [-0.05, 0) is 44.6 Å². The van der Waals surface area contributed by atoms with Crippen molar-refractivity contribution in [2.75, 3.05) is 20.1 Å². The molecule has 2 fully saturated rings. The van der Waals surface area contributed by atoms with E-state index in [4.69, 9.17) is 0 Å². The second-order valence-electron chi connectivity index (χ2n) is 10.0. The zero-order chi connectivity index (χ0) is 21.9. The summed E-state index contributed by atoms with van der Waals surface area (Å²) in [6.45, 7) is 13.3. The highest BCUT2D eigenvalue weighted by Crippen LogP contribution is 2.30. The standard InChI is InChI=1S/C22H40N4O3/c1-14(2)17-10-11-18(27)26(17)13-16-9-8-12-25(16)21(29)19(22(4,5)6)24-20(28)15(3)23-7/h14-17,19,23H,8-13H2,1-7H3,(H,24,28)/t15-,16-,17?,19+/m0/s1. The SMILES string of the molecule is CN[C@@H](C)C(=O)N[C@H](C(=O)N1CCC[C@H]1CN1C(=O)CCC1C(C)C)C(C)(C)C. The van der Waals surface area contributed by atoms with Gasteiger partial charge in [-0.1, -0.05) is 34.6 Å². The van der Waals surface area contributed by atoms with Crippen LogP contribution in [0.5, 0.6) is 0 Å². The third-order valence-electron chi connectivity index (χ3n) is 6.44. The van der Waals surface area contributed by atoms with Gasteiger partial charge in [-0.3, -0.25) is 14.4 Å². The Bertz CT molecular complexity index is 614. The van der Waals surface area contributed by atoms with Crippen molar-refractivity contribution in [3.63, 3.8) is 0 Å². The monoisotopic (exact) mass is 408 g/mol. The molecular formula is C22H40N4O3. The Morgan fingerprint density at radius 1 is 1.17 bits per heavy atom. The number of carbonyl (C=O) groups is 3. The van der Waals surface area contributed by atoms with Crippen molar-refractivity contribution in [2.45, 2.75) is 91.4 Å². The Labute approximate surface area is 175 Å². The van der Waals surface area contributed by atoms with Crippen molar-refractivity contribution in [3.8, 4) is 0 Å². The number of carbonyl (C=O) groups excluding carboxylic acids is 3. The zero-order valence-electron chi connectivity index (χ0n) is 19.2. The molecule has 4 atom stereocenters. The van der Waals surface area contributed by atoms with E-state index in [1.54, 1.807) is 14.0 Å². The molecule has 0 saturated carbocycles. The lowest BCUT2D eigenvalue weighted by Gasteiger charge is -2.38. The first-order chi connectivity index (χ1) is 13.5. The number of amides is 3. The van der Waals surface area contributed by atoms with Crippen molar-refractivity contribution in [3.05, 3.63) is 0 Å². The predicted molar refractivity (Wildman–Crippen MR) is 114 cm³/mol. The van der Waals surface area contributed by atoms with Gasteiger partial charge in [0.1, 0.15) is 6.04 Å². The average Bonchev–Trinajstić information content (AvgIpc) is 3.24. The van der Waals surface area contributed by atoms with Crippen molar-refractivity contribution in [1.82, 2.24) is 20.4 Å². The fourth-order valence-electron chi connectivity index (χ4n) is 4.44. The van der Waals surface area contributed by atoms with E-state index in [0.29, 0.717) is 25.4 Å². The molecule has 0 spiro atoms. The number of nitrogens with one attached hydrogen (secondary N) is 2. The van der Waals surface area contributed by atoms with Crippen LogP contribution in [0.15, 0.2) is 0 Å². The molecule has 0 aromatic carbocycles. The highest BCUT2D eigenvalue weighted by atomic mass is 16.2. The number of hydrogen-bond acceptors (Lipinski definition) is 4. The summed E-state index contributed by atoms with van der Waals surface area (Å²) in [5.74, 6) is 0.402. The molecule has 0 aromatic rings. The first-order valence-electron chi connectivity index (χ1n) is 11.0. The van der Waals surface area contributed by atoms with Crippen LogP contribution in [0.1, 0.15) is 67.2 Å². The van der Waals surface area contributed by atoms with E-state index >= 15 is 0 Å². The summed E-state index contributed by atoms with van der Waals surface area (Å²) in [5.41, 5.74) is -0.405. The topological polar surface area (TPSA) is 81.8 Å². The van der Waals surface area contributed by atoms with Gasteiger partial charge in [-0.25, -0.2) is 0 Å². The van der Waals surface area contributed by atoms with Gasteiger partial charge in [0.2, 0.25) is 17.7 Å². The summed E-state index contributed by atoms with van der Waals surface area (Å²) >= 11 is 0. The van der Waals surface area contributed by atoms with E-state index in [-0.39, 0.29) is 35.8 Å². The van der Waals surface area contributed by atoms with E-state index in [9.17, 15) is 14.4 Å². The maximum absolute atomic E-state index is 13.5. The molecule has 0 aromatic heterocycles. The van der Waals surface area contributed by atoms with E-state index in [2.05, 4.69) is 24.5 Å². The Balaban J connectivity index is 2.15. The number of rotatable bonds is 7. The number of nitrogens with zero attached hydrogens (tertiary/aromatic N) is 2. The van der Waals surface area contributed by atoms with Gasteiger partial charge in [0.15, 0.2) is 0 Å². The summed E-state index contributed by atoms with van der Waals surface area (Å²) in [4.78, 5) is 42.3. The molecule has 0 aliphatic carbocycles. The maximum Gasteiger partial charge on any atom is 0.246 e. The Morgan fingerprint density at radius 3 is 2.38 bits per heavy atom. The molecule has 0 bridgehead atoms. The Kier molecular flexibility index (Phi) is 7.71. The molecule has 2 aliphatic heterocycles. The molecule has 1 unspecified atom stereocenters. The van der Waals surface area contributed by atoms with Gasteiger partial charge in [-0.15, -0.1) is 0 Å². The second kappa shape index (κ2) is 9.45. The van der Waals surface area contributed by atoms with Crippen molar-refractivity contribution < 1.29 is 14.4 Å².